The molecule has 104 valence electrons. The number of nitrogens with zero attached hydrogens (tertiary/aromatic N) is 1. The Morgan fingerprint density at radius 2 is 1.84 bits per heavy atom. The molecule has 1 fully saturated rings. The average molecular weight is 280 g/mol. The average Bonchev–Trinajstić information content (AvgIpc) is 2.84. The van der Waals surface area contributed by atoms with E-state index in [9.17, 15) is 8.42 Å². The highest BCUT2D eigenvalue weighted by Crippen LogP contribution is 2.25. The van der Waals surface area contributed by atoms with Gasteiger partial charge in [0.1, 0.15) is 0 Å². The van der Waals surface area contributed by atoms with Crippen molar-refractivity contribution in [3.05, 3.63) is 35.4 Å². The number of piperidine rings is 1. The zero-order valence-corrected chi connectivity index (χ0v) is 11.8. The molecule has 5 heteroatoms. The minimum atomic E-state index is -3.16. The van der Waals surface area contributed by atoms with E-state index in [4.69, 9.17) is 0 Å². The summed E-state index contributed by atoms with van der Waals surface area (Å²) in [6.45, 7) is 2.01. The number of fused-ring (bicyclic) bond motifs is 1. The second kappa shape index (κ2) is 5.23. The first-order chi connectivity index (χ1) is 9.15. The van der Waals surface area contributed by atoms with Gasteiger partial charge < -0.3 is 5.32 Å². The van der Waals surface area contributed by atoms with E-state index in [0.717, 1.165) is 36.9 Å². The summed E-state index contributed by atoms with van der Waals surface area (Å²) < 4.78 is 26.5. The van der Waals surface area contributed by atoms with Gasteiger partial charge >= 0.3 is 0 Å². The van der Waals surface area contributed by atoms with E-state index in [0.29, 0.717) is 13.1 Å². The fraction of sp³-hybridized carbons (Fsp3) is 0.571. The molecule has 4 nitrogen and oxygen atoms in total. The maximum absolute atomic E-state index is 12.5. The molecular formula is C14H20N2O2S. The fourth-order valence-corrected chi connectivity index (χ4v) is 4.60. The molecule has 1 unspecified atom stereocenters. The van der Waals surface area contributed by atoms with Gasteiger partial charge in [-0.2, -0.15) is 4.31 Å². The third-order valence-corrected chi connectivity index (χ3v) is 5.90. The lowest BCUT2D eigenvalue weighted by molar-refractivity contribution is 0.396. The van der Waals surface area contributed by atoms with Crippen LogP contribution < -0.4 is 5.32 Å². The molecule has 0 saturated carbocycles. The standard InChI is InChI=1S/C14H20N2O2S/c17-19(18,11-14-7-3-4-8-15-14)16-9-12-5-1-2-6-13(12)10-16/h1-2,5-6,14-15H,3-4,7-11H2. The van der Waals surface area contributed by atoms with Gasteiger partial charge in [0, 0.05) is 19.1 Å². The maximum atomic E-state index is 12.5. The summed E-state index contributed by atoms with van der Waals surface area (Å²) in [6.07, 6.45) is 3.26. The van der Waals surface area contributed by atoms with Crippen LogP contribution in [0.25, 0.3) is 0 Å². The predicted octanol–water partition coefficient (Wildman–Crippen LogP) is 1.47. The van der Waals surface area contributed by atoms with Gasteiger partial charge in [-0.25, -0.2) is 8.42 Å². The van der Waals surface area contributed by atoms with Gasteiger partial charge in [0.05, 0.1) is 5.75 Å². The van der Waals surface area contributed by atoms with Crippen molar-refractivity contribution in [1.82, 2.24) is 9.62 Å². The topological polar surface area (TPSA) is 49.4 Å². The predicted molar refractivity (Wildman–Crippen MR) is 75.1 cm³/mol. The molecule has 3 rings (SSSR count). The summed E-state index contributed by atoms with van der Waals surface area (Å²) in [5, 5.41) is 3.31. The van der Waals surface area contributed by atoms with Crippen LogP contribution in [0.15, 0.2) is 24.3 Å². The zero-order valence-electron chi connectivity index (χ0n) is 11.0. The van der Waals surface area contributed by atoms with E-state index in [1.807, 2.05) is 24.3 Å². The van der Waals surface area contributed by atoms with Gasteiger partial charge in [0.25, 0.3) is 0 Å². The molecule has 1 aromatic carbocycles. The van der Waals surface area contributed by atoms with E-state index in [1.54, 1.807) is 4.31 Å². The molecule has 1 aromatic rings. The molecule has 2 heterocycles. The molecule has 0 spiro atoms. The molecule has 2 aliphatic rings. The molecule has 1 saturated heterocycles. The Morgan fingerprint density at radius 3 is 2.42 bits per heavy atom. The molecular weight excluding hydrogens is 260 g/mol. The molecule has 1 N–H and O–H groups in total. The van der Waals surface area contributed by atoms with Crippen LogP contribution in [0.4, 0.5) is 0 Å². The van der Waals surface area contributed by atoms with Crippen LogP contribution in [-0.4, -0.2) is 31.1 Å². The lowest BCUT2D eigenvalue weighted by Gasteiger charge is -2.25. The molecule has 19 heavy (non-hydrogen) atoms. The first-order valence-electron chi connectivity index (χ1n) is 6.93. The van der Waals surface area contributed by atoms with Crippen molar-refractivity contribution >= 4 is 10.0 Å². The molecule has 0 aromatic heterocycles. The van der Waals surface area contributed by atoms with Gasteiger partial charge in [-0.05, 0) is 30.5 Å². The minimum absolute atomic E-state index is 0.127. The van der Waals surface area contributed by atoms with Crippen molar-refractivity contribution in [3.63, 3.8) is 0 Å². The Morgan fingerprint density at radius 1 is 1.16 bits per heavy atom. The zero-order chi connectivity index (χ0) is 13.3. The van der Waals surface area contributed by atoms with Crippen molar-refractivity contribution in [1.29, 1.82) is 0 Å². The first kappa shape index (κ1) is 13.1. The number of nitrogens with one attached hydrogen (secondary N) is 1. The van der Waals surface area contributed by atoms with Crippen LogP contribution in [0, 0.1) is 0 Å². The summed E-state index contributed by atoms with van der Waals surface area (Å²) in [4.78, 5) is 0. The normalized spacial score (nSPS) is 24.3. The van der Waals surface area contributed by atoms with Crippen molar-refractivity contribution in [2.24, 2.45) is 0 Å². The fourth-order valence-electron chi connectivity index (χ4n) is 2.92. The van der Waals surface area contributed by atoms with Gasteiger partial charge in [-0.15, -0.1) is 0 Å². The monoisotopic (exact) mass is 280 g/mol. The largest absolute Gasteiger partial charge is 0.313 e. The Labute approximate surface area is 114 Å². The molecule has 2 aliphatic heterocycles. The van der Waals surface area contributed by atoms with E-state index >= 15 is 0 Å². The number of rotatable bonds is 3. The first-order valence-corrected chi connectivity index (χ1v) is 8.54. The molecule has 0 amide bonds. The van der Waals surface area contributed by atoms with Gasteiger partial charge in [0.2, 0.25) is 10.0 Å². The van der Waals surface area contributed by atoms with Crippen LogP contribution in [0.3, 0.4) is 0 Å². The maximum Gasteiger partial charge on any atom is 0.216 e. The molecule has 0 aliphatic carbocycles. The van der Waals surface area contributed by atoms with Crippen LogP contribution in [0.1, 0.15) is 30.4 Å². The summed E-state index contributed by atoms with van der Waals surface area (Å²) in [5.41, 5.74) is 2.28. The third kappa shape index (κ3) is 2.83. The summed E-state index contributed by atoms with van der Waals surface area (Å²) in [7, 11) is -3.16. The lowest BCUT2D eigenvalue weighted by atomic mass is 10.1. The smallest absolute Gasteiger partial charge is 0.216 e. The molecule has 0 bridgehead atoms. The highest BCUT2D eigenvalue weighted by atomic mass is 32.2. The summed E-state index contributed by atoms with van der Waals surface area (Å²) >= 11 is 0. The number of hydrogen-bond donors (Lipinski definition) is 1. The van der Waals surface area contributed by atoms with Crippen LogP contribution in [0.5, 0.6) is 0 Å². The van der Waals surface area contributed by atoms with Crippen molar-refractivity contribution in [2.45, 2.75) is 38.4 Å². The quantitative estimate of drug-likeness (QED) is 0.912. The van der Waals surface area contributed by atoms with E-state index in [-0.39, 0.29) is 11.8 Å². The third-order valence-electron chi connectivity index (χ3n) is 4.03. The van der Waals surface area contributed by atoms with E-state index in [2.05, 4.69) is 5.32 Å². The van der Waals surface area contributed by atoms with Gasteiger partial charge in [-0.1, -0.05) is 30.7 Å². The highest BCUT2D eigenvalue weighted by Gasteiger charge is 2.31. The van der Waals surface area contributed by atoms with Crippen LogP contribution in [-0.2, 0) is 23.1 Å². The SMILES string of the molecule is O=S(=O)(CC1CCCCN1)N1Cc2ccccc2C1. The lowest BCUT2D eigenvalue weighted by Crippen LogP contribution is -2.42. The van der Waals surface area contributed by atoms with Crippen LogP contribution in [0.2, 0.25) is 0 Å². The number of hydrogen-bond acceptors (Lipinski definition) is 3. The van der Waals surface area contributed by atoms with Crippen molar-refractivity contribution < 1.29 is 8.42 Å². The number of sulfonamides is 1. The summed E-state index contributed by atoms with van der Waals surface area (Å²) in [5.74, 6) is 0.237. The minimum Gasteiger partial charge on any atom is -0.313 e. The second-order valence-electron chi connectivity index (χ2n) is 5.46. The highest BCUT2D eigenvalue weighted by molar-refractivity contribution is 7.89. The number of benzene rings is 1. The Balaban J connectivity index is 1.69. The summed E-state index contributed by atoms with van der Waals surface area (Å²) in [6, 6.07) is 8.10. The second-order valence-corrected chi connectivity index (χ2v) is 7.48. The molecule has 1 atom stereocenters. The van der Waals surface area contributed by atoms with Crippen molar-refractivity contribution in [2.75, 3.05) is 12.3 Å². The Kier molecular flexibility index (Phi) is 3.60. The van der Waals surface area contributed by atoms with E-state index in [1.165, 1.54) is 0 Å². The Hall–Kier alpha value is -0.910. The van der Waals surface area contributed by atoms with Gasteiger partial charge in [-0.3, -0.25) is 0 Å². The molecule has 0 radical (unpaired) electrons. The van der Waals surface area contributed by atoms with Crippen molar-refractivity contribution in [3.8, 4) is 0 Å². The van der Waals surface area contributed by atoms with Gasteiger partial charge in [0.15, 0.2) is 0 Å². The van der Waals surface area contributed by atoms with Crippen LogP contribution >= 0.6 is 0 Å². The Bertz CT molecular complexity index is 525. The van der Waals surface area contributed by atoms with E-state index < -0.39 is 10.0 Å².